The van der Waals surface area contributed by atoms with Crippen molar-refractivity contribution in [1.82, 2.24) is 15.6 Å². The maximum absolute atomic E-state index is 12.2. The first-order valence-electron chi connectivity index (χ1n) is 8.29. The van der Waals surface area contributed by atoms with Crippen LogP contribution >= 0.6 is 0 Å². The zero-order chi connectivity index (χ0) is 17.6. The maximum atomic E-state index is 12.2. The summed E-state index contributed by atoms with van der Waals surface area (Å²) in [5, 5.41) is 5.64. The molecule has 3 rings (SSSR count). The predicted octanol–water partition coefficient (Wildman–Crippen LogP) is 1.74. The van der Waals surface area contributed by atoms with E-state index in [4.69, 9.17) is 4.74 Å². The summed E-state index contributed by atoms with van der Waals surface area (Å²) in [5.41, 5.74) is 1.64. The topological polar surface area (TPSA) is 80.3 Å². The van der Waals surface area contributed by atoms with Crippen molar-refractivity contribution in [2.45, 2.75) is 12.3 Å². The van der Waals surface area contributed by atoms with Gasteiger partial charge in [-0.15, -0.1) is 0 Å². The molecule has 130 valence electrons. The quantitative estimate of drug-likeness (QED) is 0.753. The monoisotopic (exact) mass is 339 g/mol. The number of aromatic nitrogens is 1. The molecule has 0 radical (unpaired) electrons. The number of rotatable bonds is 7. The number of nitrogens with one attached hydrogen (secondary N) is 2. The van der Waals surface area contributed by atoms with Crippen LogP contribution in [0.5, 0.6) is 5.75 Å². The SMILES string of the molecule is COc1cccc(C2CC2C(=O)NCCNC(=O)c2cccnc2)c1. The second kappa shape index (κ2) is 7.79. The smallest absolute Gasteiger partial charge is 0.252 e. The summed E-state index contributed by atoms with van der Waals surface area (Å²) in [6, 6.07) is 11.2. The van der Waals surface area contributed by atoms with E-state index in [0.717, 1.165) is 17.7 Å². The summed E-state index contributed by atoms with van der Waals surface area (Å²) >= 11 is 0. The first kappa shape index (κ1) is 17.0. The van der Waals surface area contributed by atoms with Crippen molar-refractivity contribution in [1.29, 1.82) is 0 Å². The lowest BCUT2D eigenvalue weighted by molar-refractivity contribution is -0.122. The van der Waals surface area contributed by atoms with Crippen LogP contribution in [0.2, 0.25) is 0 Å². The highest BCUT2D eigenvalue weighted by atomic mass is 16.5. The fourth-order valence-corrected chi connectivity index (χ4v) is 2.82. The van der Waals surface area contributed by atoms with Gasteiger partial charge in [0.1, 0.15) is 5.75 Å². The minimum absolute atomic E-state index is 0.00105. The summed E-state index contributed by atoms with van der Waals surface area (Å²) in [6.07, 6.45) is 3.98. The van der Waals surface area contributed by atoms with Crippen molar-refractivity contribution < 1.29 is 14.3 Å². The fraction of sp³-hybridized carbons (Fsp3) is 0.316. The van der Waals surface area contributed by atoms with Crippen LogP contribution in [0.3, 0.4) is 0 Å². The number of hydrogen-bond acceptors (Lipinski definition) is 4. The highest BCUT2D eigenvalue weighted by Crippen LogP contribution is 2.48. The van der Waals surface area contributed by atoms with Gasteiger partial charge in [0.25, 0.3) is 5.91 Å². The Morgan fingerprint density at radius 2 is 2.04 bits per heavy atom. The van der Waals surface area contributed by atoms with Gasteiger partial charge in [-0.1, -0.05) is 12.1 Å². The lowest BCUT2D eigenvalue weighted by Gasteiger charge is -2.07. The van der Waals surface area contributed by atoms with Gasteiger partial charge in [-0.05, 0) is 42.2 Å². The molecule has 0 saturated heterocycles. The van der Waals surface area contributed by atoms with Gasteiger partial charge in [0.05, 0.1) is 12.7 Å². The minimum atomic E-state index is -0.192. The number of hydrogen-bond donors (Lipinski definition) is 2. The Morgan fingerprint density at radius 1 is 1.20 bits per heavy atom. The number of carbonyl (C=O) groups excluding carboxylic acids is 2. The van der Waals surface area contributed by atoms with Crippen LogP contribution in [0, 0.1) is 5.92 Å². The summed E-state index contributed by atoms with van der Waals surface area (Å²) in [4.78, 5) is 28.0. The second-order valence-electron chi connectivity index (χ2n) is 6.01. The van der Waals surface area contributed by atoms with Crippen LogP contribution in [0.15, 0.2) is 48.8 Å². The molecule has 1 aromatic carbocycles. The Morgan fingerprint density at radius 3 is 2.80 bits per heavy atom. The normalized spacial score (nSPS) is 18.3. The molecule has 0 aliphatic heterocycles. The molecule has 6 nitrogen and oxygen atoms in total. The average Bonchev–Trinajstić information content (AvgIpc) is 3.46. The molecule has 6 heteroatoms. The van der Waals surface area contributed by atoms with Crippen molar-refractivity contribution >= 4 is 11.8 Å². The van der Waals surface area contributed by atoms with Crippen LogP contribution in [0.1, 0.15) is 28.3 Å². The van der Waals surface area contributed by atoms with Gasteiger partial charge in [0, 0.05) is 31.4 Å². The number of ether oxygens (including phenoxy) is 1. The Labute approximate surface area is 146 Å². The lowest BCUT2D eigenvalue weighted by Crippen LogP contribution is -2.35. The predicted molar refractivity (Wildman–Crippen MR) is 93.4 cm³/mol. The van der Waals surface area contributed by atoms with Crippen molar-refractivity contribution in [3.05, 3.63) is 59.9 Å². The molecular formula is C19H21N3O3. The van der Waals surface area contributed by atoms with Crippen LogP contribution < -0.4 is 15.4 Å². The first-order chi connectivity index (χ1) is 12.2. The van der Waals surface area contributed by atoms with E-state index in [9.17, 15) is 9.59 Å². The minimum Gasteiger partial charge on any atom is -0.497 e. The zero-order valence-corrected chi connectivity index (χ0v) is 14.1. The molecule has 1 aliphatic rings. The van der Waals surface area contributed by atoms with E-state index in [1.54, 1.807) is 25.4 Å². The van der Waals surface area contributed by atoms with E-state index < -0.39 is 0 Å². The third-order valence-corrected chi connectivity index (χ3v) is 4.28. The van der Waals surface area contributed by atoms with Crippen LogP contribution in [-0.4, -0.2) is 37.0 Å². The summed E-state index contributed by atoms with van der Waals surface area (Å²) in [7, 11) is 1.63. The van der Waals surface area contributed by atoms with E-state index in [0.29, 0.717) is 18.7 Å². The molecule has 0 bridgehead atoms. The number of amides is 2. The van der Waals surface area contributed by atoms with Crippen LogP contribution in [0.25, 0.3) is 0 Å². The van der Waals surface area contributed by atoms with Crippen LogP contribution in [0.4, 0.5) is 0 Å². The average molecular weight is 339 g/mol. The van der Waals surface area contributed by atoms with Crippen molar-refractivity contribution in [2.24, 2.45) is 5.92 Å². The lowest BCUT2D eigenvalue weighted by atomic mass is 10.1. The van der Waals surface area contributed by atoms with Gasteiger partial charge in [-0.3, -0.25) is 14.6 Å². The molecule has 0 spiro atoms. The Hall–Kier alpha value is -2.89. The number of carbonyl (C=O) groups is 2. The van der Waals surface area contributed by atoms with Crippen molar-refractivity contribution in [3.8, 4) is 5.75 Å². The van der Waals surface area contributed by atoms with E-state index in [2.05, 4.69) is 15.6 Å². The van der Waals surface area contributed by atoms with Gasteiger partial charge >= 0.3 is 0 Å². The van der Waals surface area contributed by atoms with Gasteiger partial charge in [-0.25, -0.2) is 0 Å². The molecule has 1 aliphatic carbocycles. The highest BCUT2D eigenvalue weighted by molar-refractivity contribution is 5.93. The summed E-state index contributed by atoms with van der Waals surface area (Å²) < 4.78 is 5.22. The largest absolute Gasteiger partial charge is 0.497 e. The molecule has 1 fully saturated rings. The molecule has 2 atom stereocenters. The van der Waals surface area contributed by atoms with Gasteiger partial charge in [0.15, 0.2) is 0 Å². The summed E-state index contributed by atoms with van der Waals surface area (Å²) in [5.74, 6) is 0.898. The Bertz CT molecular complexity index is 749. The number of methoxy groups -OCH3 is 1. The second-order valence-corrected chi connectivity index (χ2v) is 6.01. The molecule has 1 saturated carbocycles. The van der Waals surface area contributed by atoms with Gasteiger partial charge < -0.3 is 15.4 Å². The van der Waals surface area contributed by atoms with Crippen molar-refractivity contribution in [3.63, 3.8) is 0 Å². The third-order valence-electron chi connectivity index (χ3n) is 4.28. The van der Waals surface area contributed by atoms with Gasteiger partial charge in [-0.2, -0.15) is 0 Å². The van der Waals surface area contributed by atoms with E-state index in [-0.39, 0.29) is 23.7 Å². The molecule has 2 amide bonds. The summed E-state index contributed by atoms with van der Waals surface area (Å²) in [6.45, 7) is 0.794. The number of pyridine rings is 1. The number of benzene rings is 1. The highest BCUT2D eigenvalue weighted by Gasteiger charge is 2.43. The fourth-order valence-electron chi connectivity index (χ4n) is 2.82. The molecule has 25 heavy (non-hydrogen) atoms. The molecule has 2 unspecified atom stereocenters. The Kier molecular flexibility index (Phi) is 5.28. The van der Waals surface area contributed by atoms with E-state index in [1.165, 1.54) is 6.20 Å². The van der Waals surface area contributed by atoms with Crippen LogP contribution in [-0.2, 0) is 4.79 Å². The zero-order valence-electron chi connectivity index (χ0n) is 14.1. The Balaban J connectivity index is 1.40. The standard InChI is InChI=1S/C19H21N3O3/c1-25-15-6-2-4-13(10-15)16-11-17(16)19(24)22-9-8-21-18(23)14-5-3-7-20-12-14/h2-7,10,12,16-17H,8-9,11H2,1H3,(H,21,23)(H,22,24). The van der Waals surface area contributed by atoms with E-state index in [1.807, 2.05) is 24.3 Å². The van der Waals surface area contributed by atoms with Crippen molar-refractivity contribution in [2.75, 3.05) is 20.2 Å². The molecular weight excluding hydrogens is 318 g/mol. The number of nitrogens with zero attached hydrogens (tertiary/aromatic N) is 1. The molecule has 1 heterocycles. The molecule has 2 N–H and O–H groups in total. The third kappa shape index (κ3) is 4.35. The molecule has 1 aromatic heterocycles. The first-order valence-corrected chi connectivity index (χ1v) is 8.29. The molecule has 2 aromatic rings. The van der Waals surface area contributed by atoms with E-state index >= 15 is 0 Å². The maximum Gasteiger partial charge on any atom is 0.252 e. The van der Waals surface area contributed by atoms with Gasteiger partial charge in [0.2, 0.25) is 5.91 Å².